The van der Waals surface area contributed by atoms with Crippen LogP contribution in [0.3, 0.4) is 0 Å². The van der Waals surface area contributed by atoms with Crippen molar-refractivity contribution < 1.29 is 4.79 Å². The van der Waals surface area contributed by atoms with Gasteiger partial charge >= 0.3 is 0 Å². The lowest BCUT2D eigenvalue weighted by molar-refractivity contribution is 0.0794. The average molecular weight is 295 g/mol. The molecule has 1 atom stereocenters. The minimum atomic E-state index is -0.627. The van der Waals surface area contributed by atoms with Crippen LogP contribution in [0.2, 0.25) is 5.02 Å². The highest BCUT2D eigenvalue weighted by Gasteiger charge is 2.28. The Kier molecular flexibility index (Phi) is 3.47. The van der Waals surface area contributed by atoms with Crippen molar-refractivity contribution in [2.24, 2.45) is 0 Å². The minimum absolute atomic E-state index is 0.241. The summed E-state index contributed by atoms with van der Waals surface area (Å²) in [7, 11) is 0. The number of fused-ring (bicyclic) bond motifs is 1. The number of amides is 1. The SMILES string of the molecule is N#C[C@H]1c2ccccc2C=CN1C(=O)c1cccc(Cl)c1. The van der Waals surface area contributed by atoms with Gasteiger partial charge in [0.05, 0.1) is 6.07 Å². The second kappa shape index (κ2) is 5.43. The summed E-state index contributed by atoms with van der Waals surface area (Å²) in [5, 5.41) is 9.95. The summed E-state index contributed by atoms with van der Waals surface area (Å²) in [5.41, 5.74) is 2.25. The van der Waals surface area contributed by atoms with Crippen molar-refractivity contribution in [1.82, 2.24) is 4.90 Å². The highest BCUT2D eigenvalue weighted by molar-refractivity contribution is 6.31. The summed E-state index contributed by atoms with van der Waals surface area (Å²) in [4.78, 5) is 14.0. The summed E-state index contributed by atoms with van der Waals surface area (Å²) in [6.45, 7) is 0. The van der Waals surface area contributed by atoms with E-state index < -0.39 is 6.04 Å². The van der Waals surface area contributed by atoms with Gasteiger partial charge in [0.15, 0.2) is 0 Å². The van der Waals surface area contributed by atoms with Crippen LogP contribution >= 0.6 is 11.6 Å². The molecule has 0 saturated carbocycles. The number of nitriles is 1. The zero-order chi connectivity index (χ0) is 14.8. The quantitative estimate of drug-likeness (QED) is 0.797. The Morgan fingerprint density at radius 1 is 1.19 bits per heavy atom. The molecule has 0 aromatic heterocycles. The van der Waals surface area contributed by atoms with Gasteiger partial charge in [0.2, 0.25) is 0 Å². The van der Waals surface area contributed by atoms with Gasteiger partial charge < -0.3 is 0 Å². The molecule has 0 saturated heterocycles. The van der Waals surface area contributed by atoms with Crippen LogP contribution in [0.25, 0.3) is 6.08 Å². The van der Waals surface area contributed by atoms with E-state index in [9.17, 15) is 10.1 Å². The van der Waals surface area contributed by atoms with Crippen LogP contribution in [0.5, 0.6) is 0 Å². The molecule has 1 amide bonds. The van der Waals surface area contributed by atoms with Crippen LogP contribution in [0.1, 0.15) is 27.5 Å². The molecule has 1 heterocycles. The molecule has 0 fully saturated rings. The van der Waals surface area contributed by atoms with Crippen molar-refractivity contribution >= 4 is 23.6 Å². The molecular weight excluding hydrogens is 284 g/mol. The van der Waals surface area contributed by atoms with E-state index in [0.717, 1.165) is 11.1 Å². The van der Waals surface area contributed by atoms with Crippen LogP contribution in [0.4, 0.5) is 0 Å². The van der Waals surface area contributed by atoms with Gasteiger partial charge in [0.25, 0.3) is 5.91 Å². The van der Waals surface area contributed by atoms with Crippen LogP contribution in [-0.4, -0.2) is 10.8 Å². The van der Waals surface area contributed by atoms with Crippen molar-refractivity contribution in [3.63, 3.8) is 0 Å². The van der Waals surface area contributed by atoms with Gasteiger partial charge in [-0.25, -0.2) is 0 Å². The Labute approximate surface area is 127 Å². The molecule has 0 N–H and O–H groups in total. The molecule has 1 aliphatic heterocycles. The Morgan fingerprint density at radius 3 is 2.76 bits per heavy atom. The van der Waals surface area contributed by atoms with E-state index in [4.69, 9.17) is 11.6 Å². The fourth-order valence-electron chi connectivity index (χ4n) is 2.40. The molecule has 2 aromatic rings. The molecule has 102 valence electrons. The van der Waals surface area contributed by atoms with Crippen molar-refractivity contribution in [3.05, 3.63) is 76.4 Å². The van der Waals surface area contributed by atoms with Gasteiger partial charge in [-0.1, -0.05) is 41.9 Å². The minimum Gasteiger partial charge on any atom is -0.294 e. The lowest BCUT2D eigenvalue weighted by atomic mass is 9.96. The van der Waals surface area contributed by atoms with Crippen molar-refractivity contribution in [1.29, 1.82) is 5.26 Å². The number of rotatable bonds is 1. The van der Waals surface area contributed by atoms with Gasteiger partial charge in [0, 0.05) is 16.8 Å². The van der Waals surface area contributed by atoms with Crippen LogP contribution in [0.15, 0.2) is 54.7 Å². The predicted molar refractivity (Wildman–Crippen MR) is 81.5 cm³/mol. The lowest BCUT2D eigenvalue weighted by Crippen LogP contribution is -2.31. The third kappa shape index (κ3) is 2.42. The van der Waals surface area contributed by atoms with E-state index in [2.05, 4.69) is 6.07 Å². The van der Waals surface area contributed by atoms with Crippen LogP contribution < -0.4 is 0 Å². The second-order valence-corrected chi connectivity index (χ2v) is 5.14. The fourth-order valence-corrected chi connectivity index (χ4v) is 2.59. The maximum Gasteiger partial charge on any atom is 0.259 e. The predicted octanol–water partition coefficient (Wildman–Crippen LogP) is 4.03. The van der Waals surface area contributed by atoms with Crippen molar-refractivity contribution in [2.75, 3.05) is 0 Å². The molecule has 0 bridgehead atoms. The van der Waals surface area contributed by atoms with E-state index >= 15 is 0 Å². The summed E-state index contributed by atoms with van der Waals surface area (Å²) in [6, 6.07) is 15.9. The zero-order valence-electron chi connectivity index (χ0n) is 11.0. The van der Waals surface area contributed by atoms with Gasteiger partial charge in [-0.3, -0.25) is 9.69 Å². The topological polar surface area (TPSA) is 44.1 Å². The Bertz CT molecular complexity index is 776. The third-order valence-corrected chi connectivity index (χ3v) is 3.65. The zero-order valence-corrected chi connectivity index (χ0v) is 11.8. The number of carbonyl (C=O) groups excluding carboxylic acids is 1. The van der Waals surface area contributed by atoms with E-state index in [1.807, 2.05) is 30.3 Å². The summed E-state index contributed by atoms with van der Waals surface area (Å²) in [6.07, 6.45) is 3.49. The van der Waals surface area contributed by atoms with Crippen LogP contribution in [0, 0.1) is 11.3 Å². The maximum absolute atomic E-state index is 12.6. The molecule has 3 rings (SSSR count). The van der Waals surface area contributed by atoms with Gasteiger partial charge in [-0.15, -0.1) is 0 Å². The normalized spacial score (nSPS) is 16.2. The van der Waals surface area contributed by atoms with Crippen molar-refractivity contribution in [2.45, 2.75) is 6.04 Å². The molecule has 21 heavy (non-hydrogen) atoms. The third-order valence-electron chi connectivity index (χ3n) is 3.41. The van der Waals surface area contributed by atoms with Crippen molar-refractivity contribution in [3.8, 4) is 6.07 Å². The van der Waals surface area contributed by atoms with E-state index in [0.29, 0.717) is 10.6 Å². The average Bonchev–Trinajstić information content (AvgIpc) is 2.53. The maximum atomic E-state index is 12.6. The molecule has 2 aromatic carbocycles. The van der Waals surface area contributed by atoms with Gasteiger partial charge in [-0.05, 0) is 35.4 Å². The number of carbonyl (C=O) groups is 1. The second-order valence-electron chi connectivity index (χ2n) is 4.70. The number of hydrogen-bond donors (Lipinski definition) is 0. The summed E-state index contributed by atoms with van der Waals surface area (Å²) >= 11 is 5.93. The van der Waals surface area contributed by atoms with E-state index in [1.165, 1.54) is 4.90 Å². The highest BCUT2D eigenvalue weighted by atomic mass is 35.5. The first-order valence-electron chi connectivity index (χ1n) is 6.45. The fraction of sp³-hybridized carbons (Fsp3) is 0.0588. The first kappa shape index (κ1) is 13.4. The molecule has 0 spiro atoms. The first-order chi connectivity index (χ1) is 10.2. The molecule has 3 nitrogen and oxygen atoms in total. The molecular formula is C17H11ClN2O. The molecule has 0 unspecified atom stereocenters. The largest absolute Gasteiger partial charge is 0.294 e. The Morgan fingerprint density at radius 2 is 2.00 bits per heavy atom. The van der Waals surface area contributed by atoms with Gasteiger partial charge in [0.1, 0.15) is 6.04 Å². The number of nitrogens with zero attached hydrogens (tertiary/aromatic N) is 2. The Hall–Kier alpha value is -2.57. The lowest BCUT2D eigenvalue weighted by Gasteiger charge is -2.28. The van der Waals surface area contributed by atoms with Gasteiger partial charge in [-0.2, -0.15) is 5.26 Å². The number of benzene rings is 2. The molecule has 1 aliphatic rings. The first-order valence-corrected chi connectivity index (χ1v) is 6.83. The van der Waals surface area contributed by atoms with Crippen LogP contribution in [-0.2, 0) is 0 Å². The Balaban J connectivity index is 2.01. The van der Waals surface area contributed by atoms with E-state index in [1.54, 1.807) is 30.5 Å². The number of halogens is 1. The smallest absolute Gasteiger partial charge is 0.259 e. The standard InChI is InChI=1S/C17H11ClN2O/c18-14-6-3-5-13(10-14)17(21)20-9-8-12-4-1-2-7-15(12)16(20)11-19/h1-10,16H/t16-/m0/s1. The highest BCUT2D eigenvalue weighted by Crippen LogP contribution is 2.31. The molecule has 0 radical (unpaired) electrons. The molecule has 4 heteroatoms. The summed E-state index contributed by atoms with van der Waals surface area (Å²) < 4.78 is 0. The monoisotopic (exact) mass is 294 g/mol. The number of hydrogen-bond acceptors (Lipinski definition) is 2. The summed E-state index contributed by atoms with van der Waals surface area (Å²) in [5.74, 6) is -0.241. The molecule has 0 aliphatic carbocycles. The van der Waals surface area contributed by atoms with E-state index in [-0.39, 0.29) is 5.91 Å².